The SMILES string of the molecule is CCOCCOc1cccc(NCc2ccc(OC)cc2)c1. The number of hydrogen-bond acceptors (Lipinski definition) is 4. The van der Waals surface area contributed by atoms with Crippen LogP contribution in [-0.2, 0) is 11.3 Å². The average molecular weight is 301 g/mol. The molecule has 0 fully saturated rings. The molecule has 2 rings (SSSR count). The van der Waals surface area contributed by atoms with E-state index in [0.29, 0.717) is 19.8 Å². The third-order valence-electron chi connectivity index (χ3n) is 3.19. The number of hydrogen-bond donors (Lipinski definition) is 1. The third-order valence-corrected chi connectivity index (χ3v) is 3.19. The summed E-state index contributed by atoms with van der Waals surface area (Å²) in [6.45, 7) is 4.62. The Morgan fingerprint density at radius 1 is 0.955 bits per heavy atom. The summed E-state index contributed by atoms with van der Waals surface area (Å²) in [7, 11) is 1.67. The van der Waals surface area contributed by atoms with Crippen molar-refractivity contribution in [1.29, 1.82) is 0 Å². The molecule has 2 aromatic carbocycles. The minimum Gasteiger partial charge on any atom is -0.497 e. The Balaban J connectivity index is 1.84. The minimum absolute atomic E-state index is 0.565. The van der Waals surface area contributed by atoms with Gasteiger partial charge >= 0.3 is 0 Å². The smallest absolute Gasteiger partial charge is 0.121 e. The second kappa shape index (κ2) is 8.95. The normalized spacial score (nSPS) is 10.3. The molecule has 0 bridgehead atoms. The van der Waals surface area contributed by atoms with Crippen molar-refractivity contribution in [3.63, 3.8) is 0 Å². The topological polar surface area (TPSA) is 39.7 Å². The summed E-state index contributed by atoms with van der Waals surface area (Å²) in [4.78, 5) is 0. The number of nitrogens with one attached hydrogen (secondary N) is 1. The van der Waals surface area contributed by atoms with Crippen molar-refractivity contribution >= 4 is 5.69 Å². The molecule has 22 heavy (non-hydrogen) atoms. The van der Waals surface area contributed by atoms with Gasteiger partial charge in [-0.15, -0.1) is 0 Å². The second-order valence-corrected chi connectivity index (χ2v) is 4.77. The van der Waals surface area contributed by atoms with Crippen molar-refractivity contribution in [2.24, 2.45) is 0 Å². The predicted molar refractivity (Wildman–Crippen MR) is 88.8 cm³/mol. The van der Waals surface area contributed by atoms with Crippen molar-refractivity contribution in [2.45, 2.75) is 13.5 Å². The van der Waals surface area contributed by atoms with Crippen LogP contribution in [0.3, 0.4) is 0 Å². The van der Waals surface area contributed by atoms with E-state index in [2.05, 4.69) is 5.32 Å². The maximum atomic E-state index is 5.65. The van der Waals surface area contributed by atoms with E-state index in [-0.39, 0.29) is 0 Å². The lowest BCUT2D eigenvalue weighted by Crippen LogP contribution is -2.06. The zero-order chi connectivity index (χ0) is 15.6. The summed E-state index contributed by atoms with van der Waals surface area (Å²) >= 11 is 0. The zero-order valence-corrected chi connectivity index (χ0v) is 13.2. The van der Waals surface area contributed by atoms with Crippen molar-refractivity contribution in [2.75, 3.05) is 32.2 Å². The van der Waals surface area contributed by atoms with E-state index in [1.807, 2.05) is 55.5 Å². The maximum Gasteiger partial charge on any atom is 0.121 e. The summed E-state index contributed by atoms with van der Waals surface area (Å²) in [6.07, 6.45) is 0. The highest BCUT2D eigenvalue weighted by atomic mass is 16.5. The molecule has 2 aromatic rings. The first kappa shape index (κ1) is 16.2. The van der Waals surface area contributed by atoms with Crippen LogP contribution in [0.1, 0.15) is 12.5 Å². The van der Waals surface area contributed by atoms with E-state index >= 15 is 0 Å². The molecule has 4 heteroatoms. The average Bonchev–Trinajstić information content (AvgIpc) is 2.58. The molecule has 0 radical (unpaired) electrons. The van der Waals surface area contributed by atoms with Crippen molar-refractivity contribution in [3.8, 4) is 11.5 Å². The number of ether oxygens (including phenoxy) is 3. The first-order valence-corrected chi connectivity index (χ1v) is 7.49. The van der Waals surface area contributed by atoms with E-state index in [4.69, 9.17) is 14.2 Å². The van der Waals surface area contributed by atoms with Crippen LogP contribution in [0.25, 0.3) is 0 Å². The number of anilines is 1. The molecule has 118 valence electrons. The molecular weight excluding hydrogens is 278 g/mol. The fourth-order valence-corrected chi connectivity index (χ4v) is 2.01. The third kappa shape index (κ3) is 5.30. The molecule has 0 aliphatic carbocycles. The summed E-state index contributed by atoms with van der Waals surface area (Å²) in [5.41, 5.74) is 2.23. The minimum atomic E-state index is 0.565. The van der Waals surface area contributed by atoms with E-state index in [1.54, 1.807) is 7.11 Å². The Morgan fingerprint density at radius 3 is 2.50 bits per heavy atom. The van der Waals surface area contributed by atoms with Crippen LogP contribution in [0, 0.1) is 0 Å². The van der Waals surface area contributed by atoms with Gasteiger partial charge in [-0.1, -0.05) is 18.2 Å². The van der Waals surface area contributed by atoms with Crippen LogP contribution < -0.4 is 14.8 Å². The lowest BCUT2D eigenvalue weighted by Gasteiger charge is -2.10. The van der Waals surface area contributed by atoms with Gasteiger partial charge in [0.25, 0.3) is 0 Å². The summed E-state index contributed by atoms with van der Waals surface area (Å²) < 4.78 is 16.1. The molecular formula is C18H23NO3. The van der Waals surface area contributed by atoms with Gasteiger partial charge in [-0.3, -0.25) is 0 Å². The lowest BCUT2D eigenvalue weighted by atomic mass is 10.2. The van der Waals surface area contributed by atoms with Gasteiger partial charge in [-0.2, -0.15) is 0 Å². The Hall–Kier alpha value is -2.20. The van der Waals surface area contributed by atoms with E-state index in [0.717, 1.165) is 23.7 Å². The van der Waals surface area contributed by atoms with Crippen molar-refractivity contribution in [1.82, 2.24) is 0 Å². The highest BCUT2D eigenvalue weighted by molar-refractivity contribution is 5.48. The van der Waals surface area contributed by atoms with Gasteiger partial charge in [0, 0.05) is 24.9 Å². The highest BCUT2D eigenvalue weighted by Crippen LogP contribution is 2.18. The number of rotatable bonds is 9. The van der Waals surface area contributed by atoms with Gasteiger partial charge in [-0.25, -0.2) is 0 Å². The van der Waals surface area contributed by atoms with Crippen molar-refractivity contribution < 1.29 is 14.2 Å². The predicted octanol–water partition coefficient (Wildman–Crippen LogP) is 3.72. The molecule has 0 unspecified atom stereocenters. The first-order chi connectivity index (χ1) is 10.8. The van der Waals surface area contributed by atoms with Crippen LogP contribution in [0.4, 0.5) is 5.69 Å². The second-order valence-electron chi connectivity index (χ2n) is 4.77. The Bertz CT molecular complexity index is 555. The number of methoxy groups -OCH3 is 1. The fraction of sp³-hybridized carbons (Fsp3) is 0.333. The largest absolute Gasteiger partial charge is 0.497 e. The first-order valence-electron chi connectivity index (χ1n) is 7.49. The van der Waals surface area contributed by atoms with Gasteiger partial charge in [0.15, 0.2) is 0 Å². The quantitative estimate of drug-likeness (QED) is 0.717. The molecule has 4 nitrogen and oxygen atoms in total. The molecule has 0 spiro atoms. The van der Waals surface area contributed by atoms with E-state index < -0.39 is 0 Å². The van der Waals surface area contributed by atoms with Gasteiger partial charge in [-0.05, 0) is 36.8 Å². The fourth-order valence-electron chi connectivity index (χ4n) is 2.01. The highest BCUT2D eigenvalue weighted by Gasteiger charge is 1.98. The Kier molecular flexibility index (Phi) is 6.58. The standard InChI is InChI=1S/C18H23NO3/c1-3-21-11-12-22-18-6-4-5-16(13-18)19-14-15-7-9-17(20-2)10-8-15/h4-10,13,19H,3,11-12,14H2,1-2H3. The lowest BCUT2D eigenvalue weighted by molar-refractivity contribution is 0.110. The maximum absolute atomic E-state index is 5.65. The molecule has 0 atom stereocenters. The summed E-state index contributed by atoms with van der Waals surface area (Å²) in [6, 6.07) is 16.0. The monoisotopic (exact) mass is 301 g/mol. The van der Waals surface area contributed by atoms with Gasteiger partial charge in [0.1, 0.15) is 18.1 Å². The van der Waals surface area contributed by atoms with Crippen LogP contribution in [0.5, 0.6) is 11.5 Å². The van der Waals surface area contributed by atoms with Crippen LogP contribution in [-0.4, -0.2) is 26.9 Å². The Morgan fingerprint density at radius 2 is 1.77 bits per heavy atom. The summed E-state index contributed by atoms with van der Waals surface area (Å²) in [5, 5.41) is 3.39. The van der Waals surface area contributed by atoms with Crippen LogP contribution in [0.2, 0.25) is 0 Å². The molecule has 0 heterocycles. The van der Waals surface area contributed by atoms with E-state index in [9.17, 15) is 0 Å². The van der Waals surface area contributed by atoms with Gasteiger partial charge < -0.3 is 19.5 Å². The molecule has 0 aliphatic rings. The van der Waals surface area contributed by atoms with Crippen LogP contribution >= 0.6 is 0 Å². The Labute approximate surface area is 132 Å². The molecule has 0 amide bonds. The molecule has 0 saturated heterocycles. The summed E-state index contributed by atoms with van der Waals surface area (Å²) in [5.74, 6) is 1.72. The zero-order valence-electron chi connectivity index (χ0n) is 13.2. The van der Waals surface area contributed by atoms with Crippen molar-refractivity contribution in [3.05, 3.63) is 54.1 Å². The molecule has 0 aromatic heterocycles. The molecule has 0 aliphatic heterocycles. The molecule has 1 N–H and O–H groups in total. The number of benzene rings is 2. The molecule has 0 saturated carbocycles. The van der Waals surface area contributed by atoms with Gasteiger partial charge in [0.05, 0.1) is 13.7 Å². The van der Waals surface area contributed by atoms with Crippen LogP contribution in [0.15, 0.2) is 48.5 Å². The van der Waals surface area contributed by atoms with E-state index in [1.165, 1.54) is 5.56 Å². The van der Waals surface area contributed by atoms with Gasteiger partial charge in [0.2, 0.25) is 0 Å².